The van der Waals surface area contributed by atoms with Crippen molar-refractivity contribution in [2.24, 2.45) is 28.9 Å². The van der Waals surface area contributed by atoms with Crippen LogP contribution in [0, 0.1) is 23.2 Å². The van der Waals surface area contributed by atoms with Crippen LogP contribution in [0.5, 0.6) is 0 Å². The Hall–Kier alpha value is -1.10. The predicted molar refractivity (Wildman–Crippen MR) is 80.7 cm³/mol. The topological polar surface area (TPSA) is 81.4 Å². The van der Waals surface area contributed by atoms with Gasteiger partial charge in [0.1, 0.15) is 0 Å². The number of carbonyl (C=O) groups is 2. The summed E-state index contributed by atoms with van der Waals surface area (Å²) in [6.45, 7) is 0.811. The highest BCUT2D eigenvalue weighted by Crippen LogP contribution is 2.61. The molecule has 1 saturated heterocycles. The van der Waals surface area contributed by atoms with Crippen LogP contribution in [0.15, 0.2) is 0 Å². The van der Waals surface area contributed by atoms with Crippen LogP contribution in [-0.2, 0) is 14.3 Å². The Balaban J connectivity index is 1.41. The highest BCUT2D eigenvalue weighted by atomic mass is 16.5. The van der Waals surface area contributed by atoms with Gasteiger partial charge in [0, 0.05) is 6.42 Å². The van der Waals surface area contributed by atoms with Crippen LogP contribution >= 0.6 is 0 Å². The first kappa shape index (κ1) is 14.5. The molecule has 0 aromatic heterocycles. The Kier molecular flexibility index (Phi) is 3.26. The van der Waals surface area contributed by atoms with Crippen molar-refractivity contribution in [1.29, 1.82) is 0 Å². The number of ether oxygens (including phenoxy) is 1. The summed E-state index contributed by atoms with van der Waals surface area (Å²) in [5.41, 5.74) is 5.00. The molecule has 122 valence electrons. The number of carbonyl (C=O) groups excluding carboxylic acids is 2. The summed E-state index contributed by atoms with van der Waals surface area (Å²) < 4.78 is 5.21. The minimum Gasteiger partial charge on any atom is -0.376 e. The van der Waals surface area contributed by atoms with Gasteiger partial charge in [0.05, 0.1) is 25.2 Å². The van der Waals surface area contributed by atoms with Gasteiger partial charge in [0.15, 0.2) is 0 Å². The number of primary amides is 1. The molecule has 3 N–H and O–H groups in total. The van der Waals surface area contributed by atoms with Gasteiger partial charge in [-0.05, 0) is 61.7 Å². The number of hydrogen-bond donors (Lipinski definition) is 2. The number of amides is 2. The Labute approximate surface area is 131 Å². The van der Waals surface area contributed by atoms with Gasteiger partial charge < -0.3 is 15.8 Å². The summed E-state index contributed by atoms with van der Waals surface area (Å²) >= 11 is 0. The van der Waals surface area contributed by atoms with E-state index in [1.165, 1.54) is 38.5 Å². The second kappa shape index (κ2) is 4.95. The summed E-state index contributed by atoms with van der Waals surface area (Å²) in [5, 5.41) is 3.07. The number of rotatable bonds is 5. The molecule has 4 bridgehead atoms. The van der Waals surface area contributed by atoms with Crippen molar-refractivity contribution in [3.63, 3.8) is 0 Å². The van der Waals surface area contributed by atoms with Gasteiger partial charge in [0.25, 0.3) is 0 Å². The van der Waals surface area contributed by atoms with Gasteiger partial charge in [-0.25, -0.2) is 0 Å². The van der Waals surface area contributed by atoms with Gasteiger partial charge >= 0.3 is 0 Å². The molecule has 4 saturated carbocycles. The maximum Gasteiger partial charge on any atom is 0.221 e. The Morgan fingerprint density at radius 1 is 1.00 bits per heavy atom. The summed E-state index contributed by atoms with van der Waals surface area (Å²) in [7, 11) is 0. The van der Waals surface area contributed by atoms with E-state index in [0.717, 1.165) is 17.8 Å². The Morgan fingerprint density at radius 2 is 1.55 bits per heavy atom. The number of hydrogen-bond acceptors (Lipinski definition) is 3. The molecule has 22 heavy (non-hydrogen) atoms. The minimum absolute atomic E-state index is 0.0894. The average Bonchev–Trinajstić information content (AvgIpc) is 2.32. The highest BCUT2D eigenvalue weighted by Gasteiger charge is 2.52. The molecule has 1 heterocycles. The van der Waals surface area contributed by atoms with Gasteiger partial charge in [-0.15, -0.1) is 0 Å². The van der Waals surface area contributed by atoms with Crippen molar-refractivity contribution in [3.05, 3.63) is 0 Å². The molecule has 5 heteroatoms. The summed E-state index contributed by atoms with van der Waals surface area (Å²) in [6.07, 6.45) is 8.65. The molecule has 0 radical (unpaired) electrons. The van der Waals surface area contributed by atoms with E-state index in [0.29, 0.717) is 19.6 Å². The summed E-state index contributed by atoms with van der Waals surface area (Å²) in [6, 6.07) is 0. The molecule has 1 aliphatic heterocycles. The fraction of sp³-hybridized carbons (Fsp3) is 0.882. The molecule has 4 aliphatic carbocycles. The largest absolute Gasteiger partial charge is 0.376 e. The third-order valence-corrected chi connectivity index (χ3v) is 6.37. The second-order valence-electron chi connectivity index (χ2n) is 8.56. The van der Waals surface area contributed by atoms with Crippen LogP contribution in [0.4, 0.5) is 0 Å². The smallest absolute Gasteiger partial charge is 0.221 e. The second-order valence-corrected chi connectivity index (χ2v) is 8.56. The first-order valence-electron chi connectivity index (χ1n) is 8.63. The fourth-order valence-electron chi connectivity index (χ4n) is 6.09. The Bertz CT molecular complexity index is 463. The van der Waals surface area contributed by atoms with Crippen molar-refractivity contribution in [2.75, 3.05) is 13.2 Å². The molecular weight excluding hydrogens is 280 g/mol. The number of nitrogens with one attached hydrogen (secondary N) is 1. The van der Waals surface area contributed by atoms with Crippen LogP contribution in [-0.4, -0.2) is 30.6 Å². The van der Waals surface area contributed by atoms with Gasteiger partial charge in [0.2, 0.25) is 11.8 Å². The zero-order chi connectivity index (χ0) is 15.4. The molecule has 0 atom stereocenters. The molecule has 5 fully saturated rings. The van der Waals surface area contributed by atoms with Crippen LogP contribution in [0.2, 0.25) is 0 Å². The van der Waals surface area contributed by atoms with Crippen molar-refractivity contribution in [3.8, 4) is 0 Å². The van der Waals surface area contributed by atoms with Crippen molar-refractivity contribution < 1.29 is 14.3 Å². The normalized spacial score (nSPS) is 41.0. The van der Waals surface area contributed by atoms with E-state index >= 15 is 0 Å². The Morgan fingerprint density at radius 3 is 1.95 bits per heavy atom. The van der Waals surface area contributed by atoms with Crippen molar-refractivity contribution >= 4 is 11.8 Å². The van der Waals surface area contributed by atoms with Crippen LogP contribution in [0.1, 0.15) is 51.4 Å². The maximum atomic E-state index is 12.6. The lowest BCUT2D eigenvalue weighted by molar-refractivity contribution is -0.143. The molecule has 0 aromatic carbocycles. The van der Waals surface area contributed by atoms with Crippen LogP contribution < -0.4 is 11.1 Å². The minimum atomic E-state index is -0.536. The summed E-state index contributed by atoms with van der Waals surface area (Å²) in [5.74, 6) is 2.27. The van der Waals surface area contributed by atoms with E-state index < -0.39 is 5.54 Å². The van der Waals surface area contributed by atoms with Crippen molar-refractivity contribution in [2.45, 2.75) is 56.9 Å². The van der Waals surface area contributed by atoms with E-state index in [2.05, 4.69) is 5.32 Å². The average molecular weight is 306 g/mol. The molecule has 0 unspecified atom stereocenters. The van der Waals surface area contributed by atoms with Crippen molar-refractivity contribution in [1.82, 2.24) is 5.32 Å². The molecule has 5 aliphatic rings. The highest BCUT2D eigenvalue weighted by molar-refractivity contribution is 5.80. The molecule has 0 aromatic rings. The van der Waals surface area contributed by atoms with Crippen LogP contribution in [0.3, 0.4) is 0 Å². The van der Waals surface area contributed by atoms with Gasteiger partial charge in [-0.1, -0.05) is 0 Å². The van der Waals surface area contributed by atoms with E-state index in [9.17, 15) is 9.59 Å². The SMILES string of the molecule is NC(=O)CC1(NC(=O)CC23CC4CC(CC(C4)C2)C3)COC1. The first-order chi connectivity index (χ1) is 10.5. The van der Waals surface area contributed by atoms with E-state index in [1.807, 2.05) is 0 Å². The van der Waals surface area contributed by atoms with E-state index in [4.69, 9.17) is 10.5 Å². The quantitative estimate of drug-likeness (QED) is 0.804. The third-order valence-electron chi connectivity index (χ3n) is 6.37. The molecule has 5 nitrogen and oxygen atoms in total. The zero-order valence-corrected chi connectivity index (χ0v) is 13.1. The fourth-order valence-corrected chi connectivity index (χ4v) is 6.09. The van der Waals surface area contributed by atoms with Gasteiger partial charge in [-0.2, -0.15) is 0 Å². The monoisotopic (exact) mass is 306 g/mol. The molecular formula is C17H26N2O3. The van der Waals surface area contributed by atoms with Gasteiger partial charge in [-0.3, -0.25) is 9.59 Å². The molecule has 2 amide bonds. The van der Waals surface area contributed by atoms with Crippen LogP contribution in [0.25, 0.3) is 0 Å². The zero-order valence-electron chi connectivity index (χ0n) is 13.1. The number of nitrogens with two attached hydrogens (primary N) is 1. The third kappa shape index (κ3) is 2.53. The maximum absolute atomic E-state index is 12.6. The standard InChI is InChI=1S/C17H26N2O3/c18-14(20)7-17(9-22-10-17)19-15(21)8-16-4-11-1-12(5-16)3-13(2-11)6-16/h11-13H,1-10H2,(H2,18,20)(H,19,21). The first-order valence-corrected chi connectivity index (χ1v) is 8.63. The van der Waals surface area contributed by atoms with E-state index in [-0.39, 0.29) is 23.7 Å². The molecule has 0 spiro atoms. The lowest BCUT2D eigenvalue weighted by Crippen LogP contribution is -2.64. The molecule has 5 rings (SSSR count). The predicted octanol–water partition coefficient (Wildman–Crippen LogP) is 1.35. The lowest BCUT2D eigenvalue weighted by atomic mass is 9.49. The lowest BCUT2D eigenvalue weighted by Gasteiger charge is -2.57. The summed E-state index contributed by atoms with van der Waals surface area (Å²) in [4.78, 5) is 23.8. The van der Waals surface area contributed by atoms with E-state index in [1.54, 1.807) is 0 Å².